The minimum Gasteiger partial charge on any atom is -0.461 e. The number of morpholine rings is 1. The number of nitro groups is 1. The smallest absolute Gasteiger partial charge is 0.269 e. The third-order valence-corrected chi connectivity index (χ3v) is 4.03. The number of carbonyl (C=O) groups excluding carboxylic acids is 2. The molecule has 1 aromatic heterocycles. The van der Waals surface area contributed by atoms with Gasteiger partial charge in [0.25, 0.3) is 11.6 Å². The van der Waals surface area contributed by atoms with Crippen molar-refractivity contribution >= 4 is 17.4 Å². The van der Waals surface area contributed by atoms with Gasteiger partial charge in [0.2, 0.25) is 0 Å². The minimum absolute atomic E-state index is 0.0805. The number of furan rings is 1. The van der Waals surface area contributed by atoms with Gasteiger partial charge in [-0.3, -0.25) is 19.7 Å². The molecule has 0 unspecified atom stereocenters. The summed E-state index contributed by atoms with van der Waals surface area (Å²) in [6.45, 7) is 0.987. The SMILES string of the molecule is O=C(C[C@H]1COCCN1C(=O)c1ccc([N+](=O)[O-])cc1)c1ccco1. The normalized spacial score (nSPS) is 17.3. The number of amides is 1. The van der Waals surface area contributed by atoms with Gasteiger partial charge in [-0.05, 0) is 24.3 Å². The summed E-state index contributed by atoms with van der Waals surface area (Å²) in [6, 6.07) is 8.21. The Balaban J connectivity index is 1.74. The average molecular weight is 344 g/mol. The first-order chi connectivity index (χ1) is 12.1. The summed E-state index contributed by atoms with van der Waals surface area (Å²) in [7, 11) is 0. The van der Waals surface area contributed by atoms with E-state index in [1.165, 1.54) is 30.5 Å². The van der Waals surface area contributed by atoms with Crippen LogP contribution in [-0.2, 0) is 4.74 Å². The summed E-state index contributed by atoms with van der Waals surface area (Å²) in [4.78, 5) is 36.7. The Bertz CT molecular complexity index is 769. The molecule has 0 bridgehead atoms. The van der Waals surface area contributed by atoms with Gasteiger partial charge in [-0.1, -0.05) is 0 Å². The minimum atomic E-state index is -0.520. The Hall–Kier alpha value is -3.00. The first-order valence-corrected chi connectivity index (χ1v) is 7.76. The summed E-state index contributed by atoms with van der Waals surface area (Å²) < 4.78 is 10.5. The standard InChI is InChI=1S/C17H16N2O6/c20-15(16-2-1-8-25-16)10-14-11-24-9-7-18(14)17(21)12-3-5-13(6-4-12)19(22)23/h1-6,8,14H,7,9-11H2/t14-/m0/s1. The molecule has 0 radical (unpaired) electrons. The van der Waals surface area contributed by atoms with Crippen LogP contribution in [0.15, 0.2) is 47.1 Å². The van der Waals surface area contributed by atoms with Gasteiger partial charge in [0.15, 0.2) is 11.5 Å². The summed E-state index contributed by atoms with van der Waals surface area (Å²) in [5, 5.41) is 10.7. The van der Waals surface area contributed by atoms with Crippen LogP contribution in [-0.4, -0.2) is 47.3 Å². The number of Topliss-reactive ketones (excluding diaryl/α,β-unsaturated/α-hetero) is 1. The van der Waals surface area contributed by atoms with Gasteiger partial charge in [-0.15, -0.1) is 0 Å². The summed E-state index contributed by atoms with van der Waals surface area (Å²) in [5.74, 6) is -0.245. The highest BCUT2D eigenvalue weighted by Crippen LogP contribution is 2.19. The summed E-state index contributed by atoms with van der Waals surface area (Å²) in [6.07, 6.45) is 1.51. The van der Waals surface area contributed by atoms with Crippen LogP contribution in [0.3, 0.4) is 0 Å². The second-order valence-electron chi connectivity index (χ2n) is 5.64. The van der Waals surface area contributed by atoms with Crippen molar-refractivity contribution in [1.29, 1.82) is 0 Å². The van der Waals surface area contributed by atoms with Crippen molar-refractivity contribution in [2.45, 2.75) is 12.5 Å². The lowest BCUT2D eigenvalue weighted by Crippen LogP contribution is -2.49. The van der Waals surface area contributed by atoms with Crippen molar-refractivity contribution in [1.82, 2.24) is 4.90 Å². The molecule has 1 fully saturated rings. The molecule has 25 heavy (non-hydrogen) atoms. The first kappa shape index (κ1) is 16.8. The van der Waals surface area contributed by atoms with Crippen LogP contribution in [0, 0.1) is 10.1 Å². The number of hydrogen-bond acceptors (Lipinski definition) is 6. The predicted molar refractivity (Wildman–Crippen MR) is 86.4 cm³/mol. The van der Waals surface area contributed by atoms with Gasteiger partial charge in [-0.2, -0.15) is 0 Å². The number of carbonyl (C=O) groups is 2. The maximum atomic E-state index is 12.7. The molecule has 0 saturated carbocycles. The largest absolute Gasteiger partial charge is 0.461 e. The summed E-state index contributed by atoms with van der Waals surface area (Å²) in [5.41, 5.74) is 0.256. The lowest BCUT2D eigenvalue weighted by Gasteiger charge is -2.35. The van der Waals surface area contributed by atoms with Gasteiger partial charge >= 0.3 is 0 Å². The maximum absolute atomic E-state index is 12.7. The van der Waals surface area contributed by atoms with Gasteiger partial charge in [0, 0.05) is 30.7 Å². The first-order valence-electron chi connectivity index (χ1n) is 7.76. The van der Waals surface area contributed by atoms with Gasteiger partial charge in [0.05, 0.1) is 30.4 Å². The molecule has 0 N–H and O–H groups in total. The van der Waals surface area contributed by atoms with E-state index >= 15 is 0 Å². The molecule has 2 heterocycles. The Kier molecular flexibility index (Phi) is 4.90. The average Bonchev–Trinajstić information content (AvgIpc) is 3.16. The van der Waals surface area contributed by atoms with Crippen LogP contribution < -0.4 is 0 Å². The fourth-order valence-electron chi connectivity index (χ4n) is 2.73. The zero-order chi connectivity index (χ0) is 17.8. The van der Waals surface area contributed by atoms with Gasteiger partial charge < -0.3 is 14.1 Å². The highest BCUT2D eigenvalue weighted by Gasteiger charge is 2.30. The van der Waals surface area contributed by atoms with Crippen LogP contribution >= 0.6 is 0 Å². The van der Waals surface area contributed by atoms with Crippen LogP contribution in [0.5, 0.6) is 0 Å². The van der Waals surface area contributed by atoms with Crippen molar-refractivity contribution in [2.24, 2.45) is 0 Å². The molecular formula is C17H16N2O6. The Morgan fingerprint density at radius 1 is 1.24 bits per heavy atom. The summed E-state index contributed by atoms with van der Waals surface area (Å²) >= 11 is 0. The molecule has 130 valence electrons. The van der Waals surface area contributed by atoms with Crippen molar-refractivity contribution in [3.63, 3.8) is 0 Å². The molecule has 1 amide bonds. The molecule has 0 spiro atoms. The van der Waals surface area contributed by atoms with Crippen LogP contribution in [0.4, 0.5) is 5.69 Å². The highest BCUT2D eigenvalue weighted by atomic mass is 16.6. The molecule has 1 aliphatic heterocycles. The topological polar surface area (TPSA) is 103 Å². The van der Waals surface area contributed by atoms with Crippen molar-refractivity contribution in [2.75, 3.05) is 19.8 Å². The molecule has 1 saturated heterocycles. The molecule has 2 aromatic rings. The highest BCUT2D eigenvalue weighted by molar-refractivity contribution is 5.97. The number of ether oxygens (including phenoxy) is 1. The molecule has 3 rings (SSSR count). The molecule has 8 nitrogen and oxygen atoms in total. The van der Waals surface area contributed by atoms with Crippen molar-refractivity contribution in [3.8, 4) is 0 Å². The van der Waals surface area contributed by atoms with E-state index in [2.05, 4.69) is 0 Å². The van der Waals surface area contributed by atoms with Gasteiger partial charge in [-0.25, -0.2) is 0 Å². The monoisotopic (exact) mass is 344 g/mol. The van der Waals surface area contributed by atoms with E-state index in [9.17, 15) is 19.7 Å². The molecule has 1 aliphatic rings. The predicted octanol–water partition coefficient (Wildman–Crippen LogP) is 2.30. The third kappa shape index (κ3) is 3.74. The van der Waals surface area contributed by atoms with E-state index in [1.807, 2.05) is 0 Å². The van der Waals surface area contributed by atoms with Crippen LogP contribution in [0.25, 0.3) is 0 Å². The van der Waals surface area contributed by atoms with E-state index in [0.29, 0.717) is 18.7 Å². The number of nitrogens with zero attached hydrogens (tertiary/aromatic N) is 2. The lowest BCUT2D eigenvalue weighted by molar-refractivity contribution is -0.384. The Labute approximate surface area is 143 Å². The number of non-ortho nitro benzene ring substituents is 1. The Morgan fingerprint density at radius 3 is 2.64 bits per heavy atom. The zero-order valence-corrected chi connectivity index (χ0v) is 13.3. The molecule has 1 aromatic carbocycles. The fraction of sp³-hybridized carbons (Fsp3) is 0.294. The molecule has 0 aliphatic carbocycles. The van der Waals surface area contributed by atoms with Crippen molar-refractivity contribution < 1.29 is 23.7 Å². The maximum Gasteiger partial charge on any atom is 0.269 e. The number of hydrogen-bond donors (Lipinski definition) is 0. The molecule has 8 heteroatoms. The third-order valence-electron chi connectivity index (χ3n) is 4.03. The molecule has 1 atom stereocenters. The Morgan fingerprint density at radius 2 is 2.00 bits per heavy atom. The van der Waals surface area contributed by atoms with Crippen LogP contribution in [0.2, 0.25) is 0 Å². The zero-order valence-electron chi connectivity index (χ0n) is 13.3. The van der Waals surface area contributed by atoms with Crippen molar-refractivity contribution in [3.05, 3.63) is 64.1 Å². The molecular weight excluding hydrogens is 328 g/mol. The number of nitro benzene ring substituents is 1. The fourth-order valence-corrected chi connectivity index (χ4v) is 2.73. The second kappa shape index (κ2) is 7.27. The van der Waals surface area contributed by atoms with E-state index in [0.717, 1.165) is 0 Å². The van der Waals surface area contributed by atoms with Gasteiger partial charge in [0.1, 0.15) is 0 Å². The van der Waals surface area contributed by atoms with E-state index in [-0.39, 0.29) is 36.2 Å². The number of rotatable bonds is 5. The number of benzene rings is 1. The van der Waals surface area contributed by atoms with E-state index in [4.69, 9.17) is 9.15 Å². The van der Waals surface area contributed by atoms with E-state index < -0.39 is 11.0 Å². The second-order valence-corrected chi connectivity index (χ2v) is 5.64. The lowest BCUT2D eigenvalue weighted by atomic mass is 10.0. The van der Waals surface area contributed by atoms with E-state index in [1.54, 1.807) is 17.0 Å². The van der Waals surface area contributed by atoms with Crippen LogP contribution in [0.1, 0.15) is 27.3 Å². The quantitative estimate of drug-likeness (QED) is 0.468. The number of ketones is 1.